The van der Waals surface area contributed by atoms with Crippen molar-refractivity contribution in [1.82, 2.24) is 20.4 Å². The van der Waals surface area contributed by atoms with E-state index in [1.165, 1.54) is 10.4 Å². The first kappa shape index (κ1) is 35.6. The van der Waals surface area contributed by atoms with E-state index < -0.39 is 29.2 Å². The zero-order valence-electron chi connectivity index (χ0n) is 26.8. The maximum Gasteiger partial charge on any atom is 0.405 e. The lowest BCUT2D eigenvalue weighted by atomic mass is 9.93. The van der Waals surface area contributed by atoms with E-state index in [4.69, 9.17) is 18.1 Å². The van der Waals surface area contributed by atoms with E-state index in [1.807, 2.05) is 26.0 Å². The lowest BCUT2D eigenvalue weighted by Crippen LogP contribution is -2.78. The van der Waals surface area contributed by atoms with E-state index in [2.05, 4.69) is 82.7 Å². The highest BCUT2D eigenvalue weighted by molar-refractivity contribution is 7.54. The largest absolute Gasteiger partial charge is 0.405 e. The molecule has 1 spiro atoms. The van der Waals surface area contributed by atoms with E-state index in [0.29, 0.717) is 19.1 Å². The Labute approximate surface area is 265 Å². The normalized spacial score (nSPS) is 26.0. The van der Waals surface area contributed by atoms with Crippen molar-refractivity contribution in [1.29, 1.82) is 0 Å². The van der Waals surface area contributed by atoms with E-state index >= 15 is 0 Å². The Bertz CT molecular complexity index is 1170. The smallest absolute Gasteiger partial charge is 0.317 e. The van der Waals surface area contributed by atoms with Gasteiger partial charge >= 0.3 is 15.3 Å². The number of benzene rings is 2. The van der Waals surface area contributed by atoms with E-state index in [-0.39, 0.29) is 32.1 Å². The average molecular weight is 667 g/mol. The molecule has 0 bridgehead atoms. The van der Waals surface area contributed by atoms with Crippen molar-refractivity contribution in [3.05, 3.63) is 60.7 Å². The maximum absolute atomic E-state index is 13.5. The van der Waals surface area contributed by atoms with Crippen LogP contribution in [0.3, 0.4) is 0 Å². The van der Waals surface area contributed by atoms with Crippen LogP contribution in [0.1, 0.15) is 53.4 Å². The Hall–Kier alpha value is -1.20. The summed E-state index contributed by atoms with van der Waals surface area (Å²) in [7, 11) is -9.31. The fourth-order valence-electron chi connectivity index (χ4n) is 5.82. The summed E-state index contributed by atoms with van der Waals surface area (Å²) in [6.07, 6.45) is 3.66. The third-order valence-corrected chi connectivity index (χ3v) is 16.9. The van der Waals surface area contributed by atoms with Crippen LogP contribution in [0, 0.1) is 5.41 Å². The van der Waals surface area contributed by atoms with Gasteiger partial charge in [-0.2, -0.15) is 0 Å². The maximum atomic E-state index is 13.5. The second-order valence-corrected chi connectivity index (χ2v) is 19.3. The fourth-order valence-corrected chi connectivity index (χ4v) is 13.3. The predicted octanol–water partition coefficient (Wildman–Crippen LogP) is 4.36. The van der Waals surface area contributed by atoms with Gasteiger partial charge in [0.25, 0.3) is 8.40 Å². The Kier molecular flexibility index (Phi) is 13.4. The van der Waals surface area contributed by atoms with E-state index in [0.717, 1.165) is 38.8 Å². The van der Waals surface area contributed by atoms with Gasteiger partial charge in [0, 0.05) is 32.2 Å². The molecule has 0 atom stereocenters. The second-order valence-electron chi connectivity index (χ2n) is 11.8. The van der Waals surface area contributed by atoms with Crippen LogP contribution in [-0.2, 0) is 27.2 Å². The summed E-state index contributed by atoms with van der Waals surface area (Å²) in [6, 6.07) is 21.6. The molecule has 0 saturated carbocycles. The summed E-state index contributed by atoms with van der Waals surface area (Å²) in [4.78, 5) is 7.79. The standard InChI is InChI=1S/C31H52N4O6P2Si/c1-5-27(6-2)32-19-21-34-44(29-15-11-9-12-16-29,30-17-13-10-14-18-30)35-22-20-33-43(37)40-25-31(26-41-43)23-38-42(36,39-24-31)28(7-3)8-4/h9-18,27-28,32,34-35H,5-8,19-26H2,1-4H3,(H,33,37). The summed E-state index contributed by atoms with van der Waals surface area (Å²) >= 11 is 0. The van der Waals surface area contributed by atoms with Crippen LogP contribution in [0.5, 0.6) is 0 Å². The monoisotopic (exact) mass is 666 g/mol. The summed E-state index contributed by atoms with van der Waals surface area (Å²) in [6.45, 7) is 11.7. The molecule has 13 heteroatoms. The Balaban J connectivity index is 1.37. The molecule has 2 heterocycles. The third-order valence-electron chi connectivity index (χ3n) is 8.74. The minimum Gasteiger partial charge on any atom is -0.317 e. The number of rotatable bonds is 17. The van der Waals surface area contributed by atoms with Crippen LogP contribution in [0.15, 0.2) is 60.7 Å². The van der Waals surface area contributed by atoms with Crippen LogP contribution in [0.25, 0.3) is 0 Å². The molecule has 4 rings (SSSR count). The van der Waals surface area contributed by atoms with Gasteiger partial charge in [-0.05, 0) is 36.1 Å². The number of hydrogen-bond acceptors (Lipinski definition) is 9. The topological polar surface area (TPSA) is 119 Å². The molecule has 0 unspecified atom stereocenters. The zero-order chi connectivity index (χ0) is 31.5. The highest BCUT2D eigenvalue weighted by Gasteiger charge is 2.50. The molecule has 0 radical (unpaired) electrons. The molecule has 2 saturated heterocycles. The van der Waals surface area contributed by atoms with Gasteiger partial charge in [0.05, 0.1) is 37.5 Å². The van der Waals surface area contributed by atoms with Crippen LogP contribution in [0.2, 0.25) is 0 Å². The summed E-state index contributed by atoms with van der Waals surface area (Å²) in [5.41, 5.74) is -0.744. The van der Waals surface area contributed by atoms with Crippen LogP contribution >= 0.6 is 15.3 Å². The van der Waals surface area contributed by atoms with Crippen molar-refractivity contribution >= 4 is 34.1 Å². The second kappa shape index (κ2) is 16.6. The average Bonchev–Trinajstić information content (AvgIpc) is 3.06. The van der Waals surface area contributed by atoms with Crippen molar-refractivity contribution in [3.8, 4) is 0 Å². The van der Waals surface area contributed by atoms with Crippen LogP contribution in [0.4, 0.5) is 0 Å². The van der Waals surface area contributed by atoms with E-state index in [1.54, 1.807) is 0 Å². The van der Waals surface area contributed by atoms with Gasteiger partial charge in [-0.15, -0.1) is 0 Å². The highest BCUT2D eigenvalue weighted by atomic mass is 31.2. The van der Waals surface area contributed by atoms with Gasteiger partial charge in [0.15, 0.2) is 0 Å². The molecule has 246 valence electrons. The zero-order valence-corrected chi connectivity index (χ0v) is 29.5. The first-order valence-electron chi connectivity index (χ1n) is 16.1. The van der Waals surface area contributed by atoms with Crippen molar-refractivity contribution in [2.24, 2.45) is 5.41 Å². The van der Waals surface area contributed by atoms with Gasteiger partial charge in [-0.1, -0.05) is 88.4 Å². The van der Waals surface area contributed by atoms with Crippen LogP contribution < -0.4 is 30.7 Å². The van der Waals surface area contributed by atoms with Gasteiger partial charge in [0.1, 0.15) is 0 Å². The minimum atomic E-state index is -3.52. The first-order chi connectivity index (χ1) is 21.3. The van der Waals surface area contributed by atoms with Crippen molar-refractivity contribution < 1.29 is 27.2 Å². The van der Waals surface area contributed by atoms with Crippen LogP contribution in [-0.4, -0.2) is 72.7 Å². The molecule has 2 aliphatic heterocycles. The fraction of sp³-hybridized carbons (Fsp3) is 0.613. The molecule has 0 aliphatic carbocycles. The van der Waals surface area contributed by atoms with Crippen molar-refractivity contribution in [2.45, 2.75) is 65.1 Å². The van der Waals surface area contributed by atoms with Gasteiger partial charge < -0.3 is 24.3 Å². The first-order valence-corrected chi connectivity index (χ1v) is 21.3. The molecular formula is C31H52N4O6P2Si. The van der Waals surface area contributed by atoms with Crippen molar-refractivity contribution in [3.63, 3.8) is 0 Å². The molecule has 44 heavy (non-hydrogen) atoms. The summed E-state index contributed by atoms with van der Waals surface area (Å²) in [5.74, 6) is 0. The Morgan fingerprint density at radius 2 is 1.16 bits per heavy atom. The Morgan fingerprint density at radius 3 is 1.64 bits per heavy atom. The highest BCUT2D eigenvalue weighted by Crippen LogP contribution is 2.61. The molecule has 2 fully saturated rings. The number of hydrogen-bond donors (Lipinski definition) is 4. The van der Waals surface area contributed by atoms with Gasteiger partial charge in [-0.25, -0.2) is 9.65 Å². The van der Waals surface area contributed by atoms with Gasteiger partial charge in [0.2, 0.25) is 0 Å². The molecule has 4 N–H and O–H groups in total. The lowest BCUT2D eigenvalue weighted by Gasteiger charge is -2.44. The lowest BCUT2D eigenvalue weighted by molar-refractivity contribution is -0.0714. The van der Waals surface area contributed by atoms with E-state index in [9.17, 15) is 9.13 Å². The molecule has 0 aromatic heterocycles. The SMILES string of the molecule is CCC(CC)NCCN[Si](NCCNP1(=O)OCC2(CO1)COP(=O)(C(CC)CC)OC2)(c1ccccc1)c1ccccc1. The molecule has 2 aromatic rings. The summed E-state index contributed by atoms with van der Waals surface area (Å²) < 4.78 is 49.8. The van der Waals surface area contributed by atoms with Gasteiger partial charge in [-0.3, -0.25) is 13.6 Å². The molecule has 0 amide bonds. The van der Waals surface area contributed by atoms with Crippen molar-refractivity contribution in [2.75, 3.05) is 52.6 Å². The minimum absolute atomic E-state index is 0.122. The number of nitrogens with one attached hydrogen (secondary N) is 4. The summed E-state index contributed by atoms with van der Waals surface area (Å²) in [5, 5.41) is 9.14. The molecule has 10 nitrogen and oxygen atoms in total. The predicted molar refractivity (Wildman–Crippen MR) is 180 cm³/mol. The Morgan fingerprint density at radius 1 is 0.682 bits per heavy atom. The quantitative estimate of drug-likeness (QED) is 0.110. The molecule has 2 aliphatic rings. The molecular weight excluding hydrogens is 614 g/mol. The molecule has 2 aromatic carbocycles. The third kappa shape index (κ3) is 8.78.